The minimum absolute atomic E-state index is 0.0241. The lowest BCUT2D eigenvalue weighted by molar-refractivity contribution is 0.0976. The molecule has 0 spiro atoms. The summed E-state index contributed by atoms with van der Waals surface area (Å²) in [7, 11) is 3.17. The van der Waals surface area contributed by atoms with Crippen molar-refractivity contribution in [1.29, 1.82) is 0 Å². The molecule has 156 valence electrons. The van der Waals surface area contributed by atoms with Crippen LogP contribution in [0.3, 0.4) is 0 Å². The van der Waals surface area contributed by atoms with E-state index in [9.17, 15) is 4.79 Å². The normalized spacial score (nSPS) is 11.6. The third-order valence-corrected chi connectivity index (χ3v) is 4.42. The average Bonchev–Trinajstić information content (AvgIpc) is 2.82. The molecule has 0 aromatic heterocycles. The molecule has 0 heterocycles. The molecule has 3 aromatic rings. The highest BCUT2D eigenvalue weighted by molar-refractivity contribution is 6.05. The van der Waals surface area contributed by atoms with Gasteiger partial charge >= 0.3 is 0 Å². The molecule has 0 bridgehead atoms. The number of nitrogens with one attached hydrogen (secondary N) is 1. The highest BCUT2D eigenvalue weighted by atomic mass is 16.5. The molecule has 3 N–H and O–H groups in total. The minimum Gasteiger partial charge on any atom is -0.497 e. The maximum atomic E-state index is 12.5. The molecule has 31 heavy (non-hydrogen) atoms. The van der Waals surface area contributed by atoms with Gasteiger partial charge in [0.15, 0.2) is 5.96 Å². The Kier molecular flexibility index (Phi) is 7.28. The zero-order valence-electron chi connectivity index (χ0n) is 17.3. The third kappa shape index (κ3) is 6.12. The maximum Gasteiger partial charge on any atom is 0.257 e. The molecule has 3 aromatic carbocycles. The van der Waals surface area contributed by atoms with Crippen molar-refractivity contribution >= 4 is 11.9 Å². The standard InChI is InChI=1S/C25H23N3O3/c1-30-21-13-9-19(10-14-21)23(17-8-18-6-4-3-5-7-18)27-25(26)28-24(29)20-11-15-22(31-2)16-12-20/h3-7,9-16,23H,1-2H3,(H3,26,27,28,29). The van der Waals surface area contributed by atoms with E-state index in [-0.39, 0.29) is 11.9 Å². The van der Waals surface area contributed by atoms with Crippen LogP contribution in [-0.4, -0.2) is 26.1 Å². The van der Waals surface area contributed by atoms with Crippen molar-refractivity contribution in [3.05, 3.63) is 95.6 Å². The summed E-state index contributed by atoms with van der Waals surface area (Å²) >= 11 is 0. The minimum atomic E-state index is -0.567. The summed E-state index contributed by atoms with van der Waals surface area (Å²) in [6.07, 6.45) is 0. The number of methoxy groups -OCH3 is 2. The molecule has 0 aliphatic carbocycles. The zero-order chi connectivity index (χ0) is 22.1. The van der Waals surface area contributed by atoms with Crippen LogP contribution in [0.1, 0.15) is 27.5 Å². The molecule has 1 unspecified atom stereocenters. The third-order valence-electron chi connectivity index (χ3n) is 4.42. The largest absolute Gasteiger partial charge is 0.497 e. The van der Waals surface area contributed by atoms with Gasteiger partial charge in [-0.05, 0) is 54.1 Å². The van der Waals surface area contributed by atoms with Crippen molar-refractivity contribution in [2.75, 3.05) is 14.2 Å². The molecule has 0 radical (unpaired) electrons. The summed E-state index contributed by atoms with van der Waals surface area (Å²) in [6, 6.07) is 23.1. The first-order valence-electron chi connectivity index (χ1n) is 9.58. The molecule has 0 aliphatic heterocycles. The summed E-state index contributed by atoms with van der Waals surface area (Å²) in [5.41, 5.74) is 8.16. The SMILES string of the molecule is COc1ccc(C(=O)NC(N)=NC(C#Cc2ccccc2)c2ccc(OC)cc2)cc1. The summed E-state index contributed by atoms with van der Waals surface area (Å²) in [5, 5.41) is 2.61. The van der Waals surface area contributed by atoms with E-state index >= 15 is 0 Å². The van der Waals surface area contributed by atoms with Gasteiger partial charge in [0.05, 0.1) is 14.2 Å². The Morgan fingerprint density at radius 1 is 0.903 bits per heavy atom. The number of nitrogens with two attached hydrogens (primary N) is 1. The van der Waals surface area contributed by atoms with Crippen molar-refractivity contribution in [2.45, 2.75) is 6.04 Å². The molecule has 0 aliphatic rings. The maximum absolute atomic E-state index is 12.5. The summed E-state index contributed by atoms with van der Waals surface area (Å²) in [6.45, 7) is 0. The Labute approximate surface area is 181 Å². The monoisotopic (exact) mass is 413 g/mol. The van der Waals surface area contributed by atoms with Crippen molar-refractivity contribution in [3.63, 3.8) is 0 Å². The first kappa shape index (κ1) is 21.5. The Hall–Kier alpha value is -4.24. The van der Waals surface area contributed by atoms with Crippen LogP contribution in [-0.2, 0) is 0 Å². The molecular weight excluding hydrogens is 390 g/mol. The van der Waals surface area contributed by atoms with Crippen LogP contribution in [0.25, 0.3) is 0 Å². The van der Waals surface area contributed by atoms with Gasteiger partial charge < -0.3 is 15.2 Å². The average molecular weight is 413 g/mol. The van der Waals surface area contributed by atoms with E-state index in [1.165, 1.54) is 0 Å². The van der Waals surface area contributed by atoms with Crippen LogP contribution in [0, 0.1) is 11.8 Å². The van der Waals surface area contributed by atoms with Crippen LogP contribution in [0.15, 0.2) is 83.9 Å². The number of ether oxygens (including phenoxy) is 2. The molecule has 0 saturated heterocycles. The number of hydrogen-bond acceptors (Lipinski definition) is 4. The second-order valence-corrected chi connectivity index (χ2v) is 6.51. The second-order valence-electron chi connectivity index (χ2n) is 6.51. The molecule has 3 rings (SSSR count). The Morgan fingerprint density at radius 3 is 2.06 bits per heavy atom. The van der Waals surface area contributed by atoms with Gasteiger partial charge in [0.25, 0.3) is 5.91 Å². The molecule has 1 atom stereocenters. The highest BCUT2D eigenvalue weighted by Gasteiger charge is 2.11. The Morgan fingerprint density at radius 2 is 1.48 bits per heavy atom. The van der Waals surface area contributed by atoms with Gasteiger partial charge in [-0.25, -0.2) is 4.99 Å². The number of carbonyl (C=O) groups excluding carboxylic acids is 1. The van der Waals surface area contributed by atoms with Gasteiger partial charge in [-0.15, -0.1) is 0 Å². The van der Waals surface area contributed by atoms with Gasteiger partial charge in [0.2, 0.25) is 0 Å². The van der Waals surface area contributed by atoms with Gasteiger partial charge in [0.1, 0.15) is 17.5 Å². The first-order valence-corrected chi connectivity index (χ1v) is 9.58. The molecule has 6 nitrogen and oxygen atoms in total. The summed E-state index contributed by atoms with van der Waals surface area (Å²) in [4.78, 5) is 16.9. The topological polar surface area (TPSA) is 85.9 Å². The Balaban J connectivity index is 1.83. The van der Waals surface area contributed by atoms with E-state index in [2.05, 4.69) is 22.2 Å². The highest BCUT2D eigenvalue weighted by Crippen LogP contribution is 2.20. The van der Waals surface area contributed by atoms with E-state index in [1.54, 1.807) is 38.5 Å². The molecule has 6 heteroatoms. The van der Waals surface area contributed by atoms with Crippen LogP contribution >= 0.6 is 0 Å². The fourth-order valence-electron chi connectivity index (χ4n) is 2.75. The first-order chi connectivity index (χ1) is 15.1. The van der Waals surface area contributed by atoms with E-state index in [0.29, 0.717) is 11.3 Å². The second kappa shape index (κ2) is 10.5. The zero-order valence-corrected chi connectivity index (χ0v) is 17.3. The van der Waals surface area contributed by atoms with E-state index in [1.807, 2.05) is 54.6 Å². The van der Waals surface area contributed by atoms with Gasteiger partial charge in [-0.2, -0.15) is 0 Å². The van der Waals surface area contributed by atoms with Gasteiger partial charge in [-0.3, -0.25) is 10.1 Å². The van der Waals surface area contributed by atoms with Crippen molar-refractivity contribution in [3.8, 4) is 23.3 Å². The number of hydrogen-bond donors (Lipinski definition) is 2. The predicted molar refractivity (Wildman–Crippen MR) is 121 cm³/mol. The van der Waals surface area contributed by atoms with Crippen molar-refractivity contribution < 1.29 is 14.3 Å². The fraction of sp³-hybridized carbons (Fsp3) is 0.120. The summed E-state index contributed by atoms with van der Waals surface area (Å²) < 4.78 is 10.3. The van der Waals surface area contributed by atoms with Gasteiger partial charge in [0, 0.05) is 11.1 Å². The van der Waals surface area contributed by atoms with E-state index in [0.717, 1.165) is 16.9 Å². The number of nitrogens with zero attached hydrogens (tertiary/aromatic N) is 1. The molecular formula is C25H23N3O3. The van der Waals surface area contributed by atoms with Gasteiger partial charge in [-0.1, -0.05) is 42.2 Å². The number of rotatable bonds is 5. The smallest absolute Gasteiger partial charge is 0.257 e. The van der Waals surface area contributed by atoms with E-state index in [4.69, 9.17) is 15.2 Å². The lowest BCUT2D eigenvalue weighted by Crippen LogP contribution is -2.37. The molecule has 0 saturated carbocycles. The van der Waals surface area contributed by atoms with Crippen LogP contribution in [0.2, 0.25) is 0 Å². The quantitative estimate of drug-likeness (QED) is 0.381. The molecule has 1 amide bonds. The lowest BCUT2D eigenvalue weighted by atomic mass is 10.1. The van der Waals surface area contributed by atoms with Crippen LogP contribution in [0.5, 0.6) is 11.5 Å². The summed E-state index contributed by atoms with van der Waals surface area (Å²) in [5.74, 6) is 7.22. The fourth-order valence-corrected chi connectivity index (χ4v) is 2.75. The number of carbonyl (C=O) groups is 1. The van der Waals surface area contributed by atoms with Crippen LogP contribution in [0.4, 0.5) is 0 Å². The van der Waals surface area contributed by atoms with Crippen molar-refractivity contribution in [2.24, 2.45) is 10.7 Å². The molecule has 0 fully saturated rings. The van der Waals surface area contributed by atoms with Crippen LogP contribution < -0.4 is 20.5 Å². The number of amides is 1. The van der Waals surface area contributed by atoms with E-state index < -0.39 is 6.04 Å². The number of guanidine groups is 1. The number of aliphatic imine (C=N–C) groups is 1. The number of benzene rings is 3. The predicted octanol–water partition coefficient (Wildman–Crippen LogP) is 3.54. The Bertz CT molecular complexity index is 1100. The van der Waals surface area contributed by atoms with Crippen molar-refractivity contribution in [1.82, 2.24) is 5.32 Å². The lowest BCUT2D eigenvalue weighted by Gasteiger charge is -2.10.